The average Bonchev–Trinajstić information content (AvgIpc) is 2.85. The summed E-state index contributed by atoms with van der Waals surface area (Å²) in [7, 11) is 8.25. The van der Waals surface area contributed by atoms with Crippen LogP contribution in [0.4, 0.5) is 16.2 Å². The summed E-state index contributed by atoms with van der Waals surface area (Å²) < 4.78 is 11.4. The Morgan fingerprint density at radius 1 is 0.588 bits per heavy atom. The molecule has 0 heterocycles. The highest BCUT2D eigenvalue weighted by Gasteiger charge is 2.29. The fourth-order valence-corrected chi connectivity index (χ4v) is 5.42. The van der Waals surface area contributed by atoms with Gasteiger partial charge in [0.05, 0.1) is 0 Å². The Morgan fingerprint density at radius 3 is 1.21 bits per heavy atom. The number of carbonyl (C=O) groups is 1. The number of carbonyl (C=O) groups excluding carboxylic acids is 1. The molecule has 2 saturated carbocycles. The molecule has 2 aromatic carbocycles. The predicted molar refractivity (Wildman–Crippen MR) is 139 cm³/mol. The van der Waals surface area contributed by atoms with E-state index in [0.717, 1.165) is 51.4 Å². The molecule has 2 aliphatic carbocycles. The first-order chi connectivity index (χ1) is 16.4. The van der Waals surface area contributed by atoms with Crippen LogP contribution in [0.2, 0.25) is 0 Å². The molecule has 5 nitrogen and oxygen atoms in total. The Labute approximate surface area is 205 Å². The maximum absolute atomic E-state index is 12.4. The summed E-state index contributed by atoms with van der Waals surface area (Å²) in [6, 6.07) is 17.7. The van der Waals surface area contributed by atoms with E-state index in [0.29, 0.717) is 11.8 Å². The summed E-state index contributed by atoms with van der Waals surface area (Å²) in [5, 5.41) is 0. The van der Waals surface area contributed by atoms with Crippen molar-refractivity contribution in [2.75, 3.05) is 38.0 Å². The first-order valence-electron chi connectivity index (χ1n) is 12.8. The topological polar surface area (TPSA) is 42.0 Å². The molecule has 0 radical (unpaired) electrons. The lowest BCUT2D eigenvalue weighted by atomic mass is 9.82. The number of hydrogen-bond acceptors (Lipinski definition) is 5. The van der Waals surface area contributed by atoms with E-state index in [9.17, 15) is 4.79 Å². The van der Waals surface area contributed by atoms with Gasteiger partial charge < -0.3 is 19.3 Å². The molecule has 184 valence electrons. The maximum atomic E-state index is 12.4. The molecule has 0 saturated heterocycles. The van der Waals surface area contributed by atoms with Crippen LogP contribution in [0.3, 0.4) is 0 Å². The van der Waals surface area contributed by atoms with Gasteiger partial charge in [-0.15, -0.1) is 0 Å². The van der Waals surface area contributed by atoms with Crippen molar-refractivity contribution in [2.45, 2.75) is 75.4 Å². The molecule has 34 heavy (non-hydrogen) atoms. The highest BCUT2D eigenvalue weighted by molar-refractivity contribution is 5.60. The molecule has 2 fully saturated rings. The molecule has 0 spiro atoms. The van der Waals surface area contributed by atoms with E-state index in [1.807, 2.05) is 0 Å². The molecule has 4 rings (SSSR count). The van der Waals surface area contributed by atoms with Crippen LogP contribution in [-0.2, 0) is 9.47 Å². The van der Waals surface area contributed by atoms with Crippen molar-refractivity contribution in [2.24, 2.45) is 0 Å². The molecule has 0 atom stereocenters. The average molecular weight is 465 g/mol. The molecular formula is C29H40N2O3. The van der Waals surface area contributed by atoms with E-state index in [4.69, 9.17) is 9.47 Å². The fraction of sp³-hybridized carbons (Fsp3) is 0.552. The highest BCUT2D eigenvalue weighted by atomic mass is 16.7. The minimum atomic E-state index is -0.474. The van der Waals surface area contributed by atoms with E-state index in [-0.39, 0.29) is 12.2 Å². The van der Waals surface area contributed by atoms with Crippen molar-refractivity contribution in [3.8, 4) is 0 Å². The number of nitrogens with zero attached hydrogens (tertiary/aromatic N) is 2. The van der Waals surface area contributed by atoms with Gasteiger partial charge in [0.25, 0.3) is 0 Å². The van der Waals surface area contributed by atoms with Gasteiger partial charge in [-0.05, 0) is 98.6 Å². The van der Waals surface area contributed by atoms with E-state index in [2.05, 4.69) is 86.5 Å². The third-order valence-electron chi connectivity index (χ3n) is 7.64. The van der Waals surface area contributed by atoms with Gasteiger partial charge in [-0.2, -0.15) is 0 Å². The lowest BCUT2D eigenvalue weighted by Gasteiger charge is -2.31. The van der Waals surface area contributed by atoms with Crippen LogP contribution < -0.4 is 9.80 Å². The van der Waals surface area contributed by atoms with Gasteiger partial charge in [0.1, 0.15) is 12.2 Å². The van der Waals surface area contributed by atoms with Gasteiger partial charge in [-0.25, -0.2) is 4.79 Å². The minimum absolute atomic E-state index is 0.0173. The van der Waals surface area contributed by atoms with Crippen molar-refractivity contribution >= 4 is 17.5 Å². The quantitative estimate of drug-likeness (QED) is 0.444. The zero-order valence-electron chi connectivity index (χ0n) is 21.2. The van der Waals surface area contributed by atoms with Gasteiger partial charge in [0, 0.05) is 39.6 Å². The highest BCUT2D eigenvalue weighted by Crippen LogP contribution is 2.36. The summed E-state index contributed by atoms with van der Waals surface area (Å²) in [6.07, 6.45) is 7.33. The number of hydrogen-bond donors (Lipinski definition) is 0. The number of rotatable bonds is 6. The second-order valence-electron chi connectivity index (χ2n) is 10.4. The molecule has 0 N–H and O–H groups in total. The lowest BCUT2D eigenvalue weighted by Crippen LogP contribution is -2.28. The molecule has 5 heteroatoms. The van der Waals surface area contributed by atoms with Gasteiger partial charge >= 0.3 is 6.16 Å². The first-order valence-corrected chi connectivity index (χ1v) is 12.8. The molecule has 0 aromatic heterocycles. The minimum Gasteiger partial charge on any atom is -0.431 e. The van der Waals surface area contributed by atoms with Gasteiger partial charge in [0.2, 0.25) is 0 Å². The SMILES string of the molecule is CN(C)c1ccc(C2CCC(OC(=O)OC3CCC(c4ccc(N(C)C)cc4)CC3)CC2)cc1. The second-order valence-corrected chi connectivity index (χ2v) is 10.4. The Hall–Kier alpha value is -2.69. The summed E-state index contributed by atoms with van der Waals surface area (Å²) in [4.78, 5) is 16.7. The van der Waals surface area contributed by atoms with Crippen LogP contribution in [0, 0.1) is 0 Å². The van der Waals surface area contributed by atoms with Gasteiger partial charge in [-0.3, -0.25) is 0 Å². The number of ether oxygens (including phenoxy) is 2. The standard InChI is InChI=1S/C29H40N2O3/c1-30(2)25-13-5-21(6-14-25)23-9-17-27(18-10-23)33-29(32)34-28-19-11-24(12-20-28)22-7-15-26(16-8-22)31(3)4/h5-8,13-16,23-24,27-28H,9-12,17-20H2,1-4H3. The van der Waals surface area contributed by atoms with E-state index < -0.39 is 6.16 Å². The fourth-order valence-electron chi connectivity index (χ4n) is 5.42. The number of benzene rings is 2. The third kappa shape index (κ3) is 6.25. The van der Waals surface area contributed by atoms with E-state index in [1.54, 1.807) is 0 Å². The molecule has 0 bridgehead atoms. The van der Waals surface area contributed by atoms with Crippen LogP contribution in [0.25, 0.3) is 0 Å². The van der Waals surface area contributed by atoms with Crippen molar-refractivity contribution in [3.05, 3.63) is 59.7 Å². The van der Waals surface area contributed by atoms with Gasteiger partial charge in [-0.1, -0.05) is 24.3 Å². The Bertz CT molecular complexity index is 832. The van der Waals surface area contributed by atoms with Gasteiger partial charge in [0.15, 0.2) is 0 Å². The molecule has 0 amide bonds. The first kappa shape index (κ1) is 24.4. The Kier molecular flexibility index (Phi) is 8.02. The van der Waals surface area contributed by atoms with E-state index >= 15 is 0 Å². The monoisotopic (exact) mass is 464 g/mol. The van der Waals surface area contributed by atoms with Crippen LogP contribution in [0.5, 0.6) is 0 Å². The van der Waals surface area contributed by atoms with Crippen LogP contribution in [0.1, 0.15) is 74.3 Å². The Balaban J connectivity index is 1.17. The van der Waals surface area contributed by atoms with Crippen molar-refractivity contribution in [1.82, 2.24) is 0 Å². The van der Waals surface area contributed by atoms with Crippen molar-refractivity contribution < 1.29 is 14.3 Å². The zero-order chi connectivity index (χ0) is 24.1. The zero-order valence-corrected chi connectivity index (χ0v) is 21.2. The molecule has 2 aliphatic rings. The van der Waals surface area contributed by atoms with Crippen molar-refractivity contribution in [1.29, 1.82) is 0 Å². The molecule has 0 unspecified atom stereocenters. The summed E-state index contributed by atoms with van der Waals surface area (Å²) in [5.74, 6) is 1.10. The second kappa shape index (κ2) is 11.2. The molecular weight excluding hydrogens is 424 g/mol. The summed E-state index contributed by atoms with van der Waals surface area (Å²) >= 11 is 0. The number of anilines is 2. The third-order valence-corrected chi connectivity index (χ3v) is 7.64. The molecule has 2 aromatic rings. The van der Waals surface area contributed by atoms with Crippen LogP contribution >= 0.6 is 0 Å². The van der Waals surface area contributed by atoms with Crippen molar-refractivity contribution in [3.63, 3.8) is 0 Å². The lowest BCUT2D eigenvalue weighted by molar-refractivity contribution is -0.0214. The maximum Gasteiger partial charge on any atom is 0.508 e. The summed E-state index contributed by atoms with van der Waals surface area (Å²) in [5.41, 5.74) is 5.22. The Morgan fingerprint density at radius 2 is 0.912 bits per heavy atom. The van der Waals surface area contributed by atoms with Crippen LogP contribution in [-0.4, -0.2) is 46.6 Å². The normalized spacial score (nSPS) is 24.8. The predicted octanol–water partition coefficient (Wildman–Crippen LogP) is 6.72. The van der Waals surface area contributed by atoms with Crippen LogP contribution in [0.15, 0.2) is 48.5 Å². The smallest absolute Gasteiger partial charge is 0.431 e. The van der Waals surface area contributed by atoms with E-state index in [1.165, 1.54) is 22.5 Å². The molecule has 0 aliphatic heterocycles. The largest absolute Gasteiger partial charge is 0.508 e. The summed E-state index contributed by atoms with van der Waals surface area (Å²) in [6.45, 7) is 0.